The fourth-order valence-corrected chi connectivity index (χ4v) is 2.44. The van der Waals surface area contributed by atoms with Gasteiger partial charge in [-0.05, 0) is 19.1 Å². The Kier molecular flexibility index (Phi) is 4.51. The van der Waals surface area contributed by atoms with Crippen LogP contribution in [0, 0.1) is 0 Å². The van der Waals surface area contributed by atoms with E-state index in [4.69, 9.17) is 9.47 Å². The highest BCUT2D eigenvalue weighted by atomic mass is 16.7. The van der Waals surface area contributed by atoms with Crippen LogP contribution in [0.2, 0.25) is 0 Å². The van der Waals surface area contributed by atoms with Gasteiger partial charge in [-0.25, -0.2) is 0 Å². The second-order valence-electron chi connectivity index (χ2n) is 5.36. The lowest BCUT2D eigenvalue weighted by atomic mass is 10.1. The average molecular weight is 297 g/mol. The number of hydrogen-bond acceptors (Lipinski definition) is 3. The number of benzene rings is 2. The third kappa shape index (κ3) is 3.35. The van der Waals surface area contributed by atoms with Crippen LogP contribution in [0.3, 0.4) is 0 Å². The highest BCUT2D eigenvalue weighted by Gasteiger charge is 2.30. The molecule has 0 aromatic heterocycles. The molecule has 0 spiro atoms. The van der Waals surface area contributed by atoms with E-state index in [1.165, 1.54) is 0 Å². The lowest BCUT2D eigenvalue weighted by Gasteiger charge is -2.35. The van der Waals surface area contributed by atoms with Crippen molar-refractivity contribution in [1.82, 2.24) is 5.32 Å². The van der Waals surface area contributed by atoms with E-state index in [9.17, 15) is 4.79 Å². The molecule has 3 atom stereocenters. The second kappa shape index (κ2) is 6.73. The molecular weight excluding hydrogens is 278 g/mol. The molecule has 2 aromatic rings. The van der Waals surface area contributed by atoms with Crippen LogP contribution in [0.1, 0.15) is 29.1 Å². The van der Waals surface area contributed by atoms with Crippen molar-refractivity contribution in [3.05, 3.63) is 71.8 Å². The van der Waals surface area contributed by atoms with E-state index in [1.54, 1.807) is 12.1 Å². The van der Waals surface area contributed by atoms with E-state index in [2.05, 4.69) is 5.32 Å². The van der Waals surface area contributed by atoms with Crippen molar-refractivity contribution in [3.63, 3.8) is 0 Å². The van der Waals surface area contributed by atoms with Crippen LogP contribution < -0.4 is 5.32 Å². The highest BCUT2D eigenvalue weighted by Crippen LogP contribution is 2.26. The molecule has 1 heterocycles. The van der Waals surface area contributed by atoms with Crippen molar-refractivity contribution >= 4 is 5.91 Å². The Morgan fingerprint density at radius 3 is 2.32 bits per heavy atom. The Morgan fingerprint density at radius 1 is 1.05 bits per heavy atom. The zero-order valence-corrected chi connectivity index (χ0v) is 12.4. The van der Waals surface area contributed by atoms with Gasteiger partial charge in [0, 0.05) is 11.1 Å². The molecule has 1 amide bonds. The lowest BCUT2D eigenvalue weighted by Crippen LogP contribution is -2.50. The molecule has 0 aliphatic carbocycles. The van der Waals surface area contributed by atoms with Crippen LogP contribution in [0.15, 0.2) is 60.7 Å². The van der Waals surface area contributed by atoms with E-state index in [1.807, 2.05) is 55.5 Å². The molecule has 1 saturated heterocycles. The van der Waals surface area contributed by atoms with Gasteiger partial charge in [0.05, 0.1) is 18.8 Å². The third-order valence-corrected chi connectivity index (χ3v) is 3.76. The number of ether oxygens (including phenoxy) is 2. The monoisotopic (exact) mass is 297 g/mol. The number of hydrogen-bond donors (Lipinski definition) is 1. The van der Waals surface area contributed by atoms with Gasteiger partial charge in [-0.1, -0.05) is 48.5 Å². The third-order valence-electron chi connectivity index (χ3n) is 3.76. The van der Waals surface area contributed by atoms with Crippen LogP contribution in [0.25, 0.3) is 0 Å². The minimum Gasteiger partial charge on any atom is -0.346 e. The zero-order valence-electron chi connectivity index (χ0n) is 12.4. The van der Waals surface area contributed by atoms with Crippen molar-refractivity contribution in [1.29, 1.82) is 0 Å². The number of nitrogens with one attached hydrogen (secondary N) is 1. The Balaban J connectivity index is 1.60. The summed E-state index contributed by atoms with van der Waals surface area (Å²) in [6.07, 6.45) is -0.493. The fraction of sp³-hybridized carbons (Fsp3) is 0.278. The summed E-state index contributed by atoms with van der Waals surface area (Å²) >= 11 is 0. The Morgan fingerprint density at radius 2 is 1.68 bits per heavy atom. The van der Waals surface area contributed by atoms with E-state index >= 15 is 0 Å². The first kappa shape index (κ1) is 14.8. The van der Waals surface area contributed by atoms with Gasteiger partial charge in [0.2, 0.25) is 0 Å². The van der Waals surface area contributed by atoms with Crippen LogP contribution >= 0.6 is 0 Å². The van der Waals surface area contributed by atoms with E-state index in [0.29, 0.717) is 12.2 Å². The highest BCUT2D eigenvalue weighted by molar-refractivity contribution is 5.94. The van der Waals surface area contributed by atoms with Crippen LogP contribution in [0.5, 0.6) is 0 Å². The van der Waals surface area contributed by atoms with Gasteiger partial charge >= 0.3 is 0 Å². The summed E-state index contributed by atoms with van der Waals surface area (Å²) in [6, 6.07) is 18.8. The van der Waals surface area contributed by atoms with Crippen LogP contribution in [-0.4, -0.2) is 24.7 Å². The molecule has 1 aliphatic heterocycles. The minimum atomic E-state index is -0.374. The Hall–Kier alpha value is -2.17. The molecule has 0 bridgehead atoms. The van der Waals surface area contributed by atoms with Crippen molar-refractivity contribution in [3.8, 4) is 0 Å². The first-order chi connectivity index (χ1) is 10.7. The quantitative estimate of drug-likeness (QED) is 0.947. The maximum Gasteiger partial charge on any atom is 0.251 e. The summed E-state index contributed by atoms with van der Waals surface area (Å²) in [5.74, 6) is -0.109. The maximum atomic E-state index is 12.2. The molecule has 1 fully saturated rings. The molecule has 114 valence electrons. The minimum absolute atomic E-state index is 0.109. The normalized spacial score (nSPS) is 24.7. The van der Waals surface area contributed by atoms with Crippen molar-refractivity contribution in [2.75, 3.05) is 6.61 Å². The summed E-state index contributed by atoms with van der Waals surface area (Å²) < 4.78 is 11.6. The molecule has 3 rings (SSSR count). The van der Waals surface area contributed by atoms with Gasteiger partial charge in [-0.2, -0.15) is 0 Å². The molecule has 1 aliphatic rings. The first-order valence-corrected chi connectivity index (χ1v) is 7.42. The molecular formula is C18H19NO3. The predicted molar refractivity (Wildman–Crippen MR) is 83.4 cm³/mol. The topological polar surface area (TPSA) is 47.6 Å². The summed E-state index contributed by atoms with van der Waals surface area (Å²) in [7, 11) is 0. The Bertz CT molecular complexity index is 615. The molecule has 0 unspecified atom stereocenters. The number of carbonyl (C=O) groups excluding carboxylic acids is 1. The van der Waals surface area contributed by atoms with E-state index in [-0.39, 0.29) is 24.3 Å². The average Bonchev–Trinajstić information content (AvgIpc) is 2.58. The summed E-state index contributed by atoms with van der Waals surface area (Å²) in [4.78, 5) is 12.2. The summed E-state index contributed by atoms with van der Waals surface area (Å²) in [6.45, 7) is 2.38. The van der Waals surface area contributed by atoms with Gasteiger partial charge in [-0.3, -0.25) is 4.79 Å². The molecule has 0 saturated carbocycles. The van der Waals surface area contributed by atoms with Crippen molar-refractivity contribution < 1.29 is 14.3 Å². The fourth-order valence-electron chi connectivity index (χ4n) is 2.44. The van der Waals surface area contributed by atoms with E-state index < -0.39 is 0 Å². The van der Waals surface area contributed by atoms with Gasteiger partial charge in [0.1, 0.15) is 0 Å². The largest absolute Gasteiger partial charge is 0.346 e. The van der Waals surface area contributed by atoms with Gasteiger partial charge in [0.25, 0.3) is 5.91 Å². The molecule has 22 heavy (non-hydrogen) atoms. The standard InChI is InChI=1S/C18H19NO3/c1-13-16(19-17(20)14-8-4-2-5-9-14)12-21-18(22-13)15-10-6-3-7-11-15/h2-11,13,16,18H,12H2,1H3,(H,19,20)/t13-,16+,18+/m0/s1. The summed E-state index contributed by atoms with van der Waals surface area (Å²) in [5, 5.41) is 2.97. The molecule has 4 nitrogen and oxygen atoms in total. The first-order valence-electron chi connectivity index (χ1n) is 7.42. The number of amides is 1. The maximum absolute atomic E-state index is 12.2. The van der Waals surface area contributed by atoms with E-state index in [0.717, 1.165) is 5.56 Å². The number of rotatable bonds is 3. The molecule has 1 N–H and O–H groups in total. The second-order valence-corrected chi connectivity index (χ2v) is 5.36. The van der Waals surface area contributed by atoms with Crippen LogP contribution in [-0.2, 0) is 9.47 Å². The van der Waals surface area contributed by atoms with Crippen molar-refractivity contribution in [2.45, 2.75) is 25.4 Å². The number of carbonyl (C=O) groups is 1. The van der Waals surface area contributed by atoms with Crippen LogP contribution in [0.4, 0.5) is 0 Å². The summed E-state index contributed by atoms with van der Waals surface area (Å²) in [5.41, 5.74) is 1.63. The predicted octanol–water partition coefficient (Wildman–Crippen LogP) is 2.92. The lowest BCUT2D eigenvalue weighted by molar-refractivity contribution is -0.222. The Labute approximate surface area is 130 Å². The molecule has 4 heteroatoms. The zero-order chi connectivity index (χ0) is 15.4. The van der Waals surface area contributed by atoms with Gasteiger partial charge in [0.15, 0.2) is 6.29 Å². The molecule has 0 radical (unpaired) electrons. The SMILES string of the molecule is C[C@@H]1O[C@H](c2ccccc2)OC[C@H]1NC(=O)c1ccccc1. The van der Waals surface area contributed by atoms with Crippen molar-refractivity contribution in [2.24, 2.45) is 0 Å². The smallest absolute Gasteiger partial charge is 0.251 e. The van der Waals surface area contributed by atoms with Gasteiger partial charge < -0.3 is 14.8 Å². The van der Waals surface area contributed by atoms with Gasteiger partial charge in [-0.15, -0.1) is 0 Å². The molecule has 2 aromatic carbocycles.